The van der Waals surface area contributed by atoms with Gasteiger partial charge in [0.05, 0.1) is 10.2 Å². The van der Waals surface area contributed by atoms with Crippen molar-refractivity contribution >= 4 is 95.6 Å². The van der Waals surface area contributed by atoms with Crippen LogP contribution in [0.2, 0.25) is 0 Å². The van der Waals surface area contributed by atoms with Crippen LogP contribution in [0, 0.1) is 0 Å². The van der Waals surface area contributed by atoms with E-state index in [1.807, 2.05) is 22.7 Å². The van der Waals surface area contributed by atoms with Crippen LogP contribution in [0.5, 0.6) is 0 Å². The molecule has 8 rings (SSSR count). The molecule has 0 atom stereocenters. The maximum absolute atomic E-state index is 3.79. The summed E-state index contributed by atoms with van der Waals surface area (Å²) in [6.45, 7) is 0. The highest BCUT2D eigenvalue weighted by atomic mass is 32.1. The molecule has 0 saturated heterocycles. The smallest absolute Gasteiger partial charge is 0.0653 e. The van der Waals surface area contributed by atoms with Crippen LogP contribution in [0.4, 0.5) is 0 Å². The van der Waals surface area contributed by atoms with Crippen LogP contribution in [0.3, 0.4) is 0 Å². The van der Waals surface area contributed by atoms with Crippen molar-refractivity contribution in [1.29, 1.82) is 0 Å². The normalized spacial score (nSPS) is 12.5. The molecule has 0 unspecified atom stereocenters. The van der Waals surface area contributed by atoms with Gasteiger partial charge >= 0.3 is 0 Å². The minimum Gasteiger partial charge on any atom is -0.353 e. The fourth-order valence-corrected chi connectivity index (χ4v) is 7.68. The Morgan fingerprint density at radius 3 is 1.97 bits per heavy atom. The predicted octanol–water partition coefficient (Wildman–Crippen LogP) is 9.21. The highest BCUT2D eigenvalue weighted by Crippen LogP contribution is 2.49. The number of rotatable bonds is 0. The van der Waals surface area contributed by atoms with Crippen LogP contribution in [-0.2, 0) is 0 Å². The van der Waals surface area contributed by atoms with Gasteiger partial charge in [0.15, 0.2) is 0 Å². The van der Waals surface area contributed by atoms with E-state index in [-0.39, 0.29) is 0 Å². The molecule has 0 aliphatic rings. The lowest BCUT2D eigenvalue weighted by molar-refractivity contribution is 1.57. The molecule has 3 aromatic heterocycles. The number of aromatic amines is 1. The maximum atomic E-state index is 3.79. The first-order chi connectivity index (χ1) is 15.4. The highest BCUT2D eigenvalue weighted by Gasteiger charge is 2.20. The Balaban J connectivity index is 1.83. The van der Waals surface area contributed by atoms with E-state index in [1.54, 1.807) is 0 Å². The Morgan fingerprint density at radius 2 is 1.13 bits per heavy atom. The molecule has 1 N–H and O–H groups in total. The number of nitrogens with one attached hydrogen (secondary N) is 1. The summed E-state index contributed by atoms with van der Waals surface area (Å²) in [6, 6.07) is 31.1. The molecule has 0 radical (unpaired) electrons. The fraction of sp³-hybridized carbons (Fsp3) is 0. The van der Waals surface area contributed by atoms with Crippen molar-refractivity contribution in [2.75, 3.05) is 0 Å². The van der Waals surface area contributed by atoms with Gasteiger partial charge in [0, 0.05) is 57.3 Å². The van der Waals surface area contributed by atoms with Gasteiger partial charge < -0.3 is 4.98 Å². The number of fused-ring (bicyclic) bond motifs is 14. The topological polar surface area (TPSA) is 15.8 Å². The van der Waals surface area contributed by atoms with Crippen molar-refractivity contribution in [3.8, 4) is 0 Å². The van der Waals surface area contributed by atoms with Gasteiger partial charge in [-0.1, -0.05) is 60.7 Å². The summed E-state index contributed by atoms with van der Waals surface area (Å²) >= 11 is 3.80. The first-order valence-corrected chi connectivity index (χ1v) is 12.1. The quantitative estimate of drug-likeness (QED) is 0.247. The third-order valence-corrected chi connectivity index (χ3v) is 8.92. The van der Waals surface area contributed by atoms with Crippen LogP contribution < -0.4 is 0 Å². The first kappa shape index (κ1) is 16.3. The molecule has 144 valence electrons. The van der Waals surface area contributed by atoms with Gasteiger partial charge in [-0.25, -0.2) is 0 Å². The van der Waals surface area contributed by atoms with Crippen molar-refractivity contribution in [2.45, 2.75) is 0 Å². The number of aromatic nitrogens is 1. The molecule has 0 spiro atoms. The monoisotopic (exact) mass is 429 g/mol. The second-order valence-corrected chi connectivity index (χ2v) is 10.3. The summed E-state index contributed by atoms with van der Waals surface area (Å²) < 4.78 is 5.42. The van der Waals surface area contributed by atoms with Gasteiger partial charge in [-0.15, -0.1) is 22.7 Å². The van der Waals surface area contributed by atoms with Crippen LogP contribution in [0.1, 0.15) is 0 Å². The molecular formula is C28H15NS2. The van der Waals surface area contributed by atoms with Crippen molar-refractivity contribution in [3.63, 3.8) is 0 Å². The minimum atomic E-state index is 1.21. The third kappa shape index (κ3) is 1.96. The lowest BCUT2D eigenvalue weighted by Crippen LogP contribution is -1.80. The molecule has 5 aromatic carbocycles. The summed E-state index contributed by atoms with van der Waals surface area (Å²) in [5, 5.41) is 10.9. The largest absolute Gasteiger partial charge is 0.353 e. The summed E-state index contributed by atoms with van der Waals surface area (Å²) in [5.41, 5.74) is 2.48. The van der Waals surface area contributed by atoms with E-state index in [1.165, 1.54) is 72.9 Å². The second kappa shape index (κ2) is 5.64. The minimum absolute atomic E-state index is 1.21. The Labute approximate surface area is 185 Å². The molecule has 0 bridgehead atoms. The molecule has 8 aromatic rings. The average Bonchev–Trinajstić information content (AvgIpc) is 3.49. The van der Waals surface area contributed by atoms with E-state index in [0.717, 1.165) is 0 Å². The van der Waals surface area contributed by atoms with E-state index >= 15 is 0 Å². The highest BCUT2D eigenvalue weighted by molar-refractivity contribution is 7.27. The van der Waals surface area contributed by atoms with Gasteiger partial charge in [0.1, 0.15) is 0 Å². The van der Waals surface area contributed by atoms with Gasteiger partial charge in [-0.3, -0.25) is 0 Å². The van der Waals surface area contributed by atoms with Crippen LogP contribution >= 0.6 is 22.7 Å². The number of benzene rings is 5. The number of thiophene rings is 2. The summed E-state index contributed by atoms with van der Waals surface area (Å²) in [5.74, 6) is 0. The number of hydrogen-bond donors (Lipinski definition) is 1. The van der Waals surface area contributed by atoms with Crippen molar-refractivity contribution < 1.29 is 0 Å². The molecule has 0 fully saturated rings. The average molecular weight is 430 g/mol. The zero-order chi connectivity index (χ0) is 20.1. The van der Waals surface area contributed by atoms with Crippen molar-refractivity contribution in [1.82, 2.24) is 4.98 Å². The predicted molar refractivity (Wildman–Crippen MR) is 139 cm³/mol. The number of hydrogen-bond acceptors (Lipinski definition) is 2. The maximum Gasteiger partial charge on any atom is 0.0653 e. The molecule has 0 aliphatic carbocycles. The van der Waals surface area contributed by atoms with E-state index < -0.39 is 0 Å². The van der Waals surface area contributed by atoms with Gasteiger partial charge in [0.25, 0.3) is 0 Å². The third-order valence-electron chi connectivity index (χ3n) is 6.59. The molecular weight excluding hydrogens is 414 g/mol. The fourth-order valence-electron chi connectivity index (χ4n) is 5.35. The Hall–Kier alpha value is -3.40. The zero-order valence-corrected chi connectivity index (χ0v) is 18.0. The summed E-state index contributed by atoms with van der Waals surface area (Å²) in [7, 11) is 0. The van der Waals surface area contributed by atoms with Crippen LogP contribution in [0.25, 0.3) is 72.9 Å². The van der Waals surface area contributed by atoms with Crippen LogP contribution in [0.15, 0.2) is 84.9 Å². The van der Waals surface area contributed by atoms with Gasteiger partial charge in [0.2, 0.25) is 0 Å². The van der Waals surface area contributed by atoms with E-state index in [9.17, 15) is 0 Å². The molecule has 3 heteroatoms. The summed E-state index contributed by atoms with van der Waals surface area (Å²) in [6.07, 6.45) is 0. The molecule has 0 amide bonds. The molecule has 0 saturated carbocycles. The van der Waals surface area contributed by atoms with E-state index in [4.69, 9.17) is 0 Å². The second-order valence-electron chi connectivity index (χ2n) is 8.18. The van der Waals surface area contributed by atoms with Crippen molar-refractivity contribution in [3.05, 3.63) is 84.9 Å². The standard InChI is InChI=1S/C28H15NS2/c1-4-10-19-15(7-1)26-25-18(13-14-22-24(25)17-9-3-5-11-20(17)30-22)23-16-8-2-6-12-21(16)31-28(23)27(26)29-19/h1-14,29H. The molecule has 0 aliphatic heterocycles. The first-order valence-electron chi connectivity index (χ1n) is 10.5. The Bertz CT molecular complexity index is 2000. The zero-order valence-electron chi connectivity index (χ0n) is 16.4. The van der Waals surface area contributed by atoms with Crippen molar-refractivity contribution in [2.24, 2.45) is 0 Å². The van der Waals surface area contributed by atoms with Gasteiger partial charge in [-0.05, 0) is 29.7 Å². The molecule has 31 heavy (non-hydrogen) atoms. The molecule has 1 nitrogen and oxygen atoms in total. The van der Waals surface area contributed by atoms with Gasteiger partial charge in [-0.2, -0.15) is 0 Å². The lowest BCUT2D eigenvalue weighted by atomic mass is 9.95. The Morgan fingerprint density at radius 1 is 0.452 bits per heavy atom. The molecule has 3 heterocycles. The van der Waals surface area contributed by atoms with E-state index in [0.29, 0.717) is 0 Å². The van der Waals surface area contributed by atoms with Crippen LogP contribution in [-0.4, -0.2) is 4.98 Å². The lowest BCUT2D eigenvalue weighted by Gasteiger charge is -2.07. The number of H-pyrrole nitrogens is 1. The summed E-state index contributed by atoms with van der Waals surface area (Å²) in [4.78, 5) is 3.79. The van der Waals surface area contributed by atoms with E-state index in [2.05, 4.69) is 89.9 Å². The SMILES string of the molecule is c1ccc2c(c1)[nH]c1c3sc4ccccc4c3c3ccc4sc5ccccc5c4c3c21. The number of para-hydroxylation sites is 1. The Kier molecular flexibility index (Phi) is 2.97.